The van der Waals surface area contributed by atoms with Crippen LogP contribution >= 0.6 is 0 Å². The first-order valence-electron chi connectivity index (χ1n) is 10.9. The van der Waals surface area contributed by atoms with Crippen molar-refractivity contribution in [2.75, 3.05) is 18.8 Å². The molecule has 188 valence electrons. The summed E-state index contributed by atoms with van der Waals surface area (Å²) in [6.07, 6.45) is 6.66. The summed E-state index contributed by atoms with van der Waals surface area (Å²) >= 11 is 0. The molecule has 0 radical (unpaired) electrons. The molecule has 4 rings (SSSR count). The van der Waals surface area contributed by atoms with Crippen LogP contribution in [0, 0.1) is 17.6 Å². The molecule has 1 aromatic carbocycles. The minimum absolute atomic E-state index is 0.0491. The van der Waals surface area contributed by atoms with Gasteiger partial charge in [-0.2, -0.15) is 12.7 Å². The summed E-state index contributed by atoms with van der Waals surface area (Å²) in [6.45, 7) is 5.38. The minimum atomic E-state index is -4.13. The molecule has 12 heteroatoms. The first-order valence-corrected chi connectivity index (χ1v) is 12.4. The number of nitrogens with one attached hydrogen (secondary N) is 2. The number of benzene rings is 1. The molecule has 0 atom stereocenters. The molecular formula is C24H24F2N6O3S. The molecule has 2 aromatic heterocycles. The molecule has 0 spiro atoms. The number of aliphatic imine (C=N–C) groups is 2. The van der Waals surface area contributed by atoms with Gasteiger partial charge in [0.25, 0.3) is 0 Å². The molecule has 2 heterocycles. The van der Waals surface area contributed by atoms with Gasteiger partial charge in [0.05, 0.1) is 11.3 Å². The third-order valence-corrected chi connectivity index (χ3v) is 7.17. The molecule has 9 nitrogen and oxygen atoms in total. The van der Waals surface area contributed by atoms with E-state index in [1.165, 1.54) is 20.3 Å². The predicted molar refractivity (Wildman–Crippen MR) is 135 cm³/mol. The number of allylic oxidation sites excluding steroid dienone is 1. The van der Waals surface area contributed by atoms with Crippen LogP contribution in [-0.4, -0.2) is 55.1 Å². The normalized spacial score (nSPS) is 14.9. The van der Waals surface area contributed by atoms with Crippen molar-refractivity contribution in [3.63, 3.8) is 0 Å². The lowest BCUT2D eigenvalue weighted by atomic mass is 10.0. The summed E-state index contributed by atoms with van der Waals surface area (Å²) in [7, 11) is -1.68. The Morgan fingerprint density at radius 3 is 2.61 bits per heavy atom. The van der Waals surface area contributed by atoms with Crippen LogP contribution < -0.4 is 4.72 Å². The van der Waals surface area contributed by atoms with Gasteiger partial charge in [-0.25, -0.2) is 23.7 Å². The van der Waals surface area contributed by atoms with Gasteiger partial charge in [-0.3, -0.25) is 9.52 Å². The number of hydrogen-bond acceptors (Lipinski definition) is 5. The average Bonchev–Trinajstić information content (AvgIpc) is 3.58. The zero-order valence-electron chi connectivity index (χ0n) is 19.8. The molecule has 0 unspecified atom stereocenters. The summed E-state index contributed by atoms with van der Waals surface area (Å²) in [4.78, 5) is 28.8. The van der Waals surface area contributed by atoms with Crippen molar-refractivity contribution in [3.05, 3.63) is 65.1 Å². The first kappa shape index (κ1) is 25.3. The molecule has 0 bridgehead atoms. The minimum Gasteiger partial charge on any atom is -0.345 e. The largest absolute Gasteiger partial charge is 0.345 e. The molecule has 1 saturated carbocycles. The Bertz CT molecular complexity index is 1540. The van der Waals surface area contributed by atoms with Crippen LogP contribution in [0.4, 0.5) is 14.5 Å². The van der Waals surface area contributed by atoms with Crippen molar-refractivity contribution in [2.24, 2.45) is 15.9 Å². The van der Waals surface area contributed by atoms with Crippen LogP contribution in [0.5, 0.6) is 0 Å². The maximum atomic E-state index is 15.2. The average molecular weight is 515 g/mol. The standard InChI is InChI=1S/C24H24F2N6O3S/c1-13(10-28-23(27-2)14-5-6-14)15-7-17-19(12-30-24(17)29-11-15)22(33)18-8-16(25)9-20(21(18)26)31-36(34,35)32(3)4/h7-12,14,31H,2,5-6H2,1,3-4H3,(H,29,30)/b13-10+,28-23?. The predicted octanol–water partition coefficient (Wildman–Crippen LogP) is 4.16. The first-order chi connectivity index (χ1) is 17.0. The second kappa shape index (κ2) is 9.70. The van der Waals surface area contributed by atoms with E-state index in [1.54, 1.807) is 18.5 Å². The van der Waals surface area contributed by atoms with Crippen molar-refractivity contribution >= 4 is 50.8 Å². The van der Waals surface area contributed by atoms with E-state index < -0.39 is 38.9 Å². The van der Waals surface area contributed by atoms with Gasteiger partial charge in [0, 0.05) is 55.6 Å². The van der Waals surface area contributed by atoms with E-state index >= 15 is 4.39 Å². The van der Waals surface area contributed by atoms with Gasteiger partial charge in [0.15, 0.2) is 11.6 Å². The summed E-state index contributed by atoms with van der Waals surface area (Å²) in [5.41, 5.74) is 0.537. The molecule has 0 saturated heterocycles. The van der Waals surface area contributed by atoms with Crippen LogP contribution in [0.3, 0.4) is 0 Å². The van der Waals surface area contributed by atoms with Crippen LogP contribution in [0.1, 0.15) is 41.3 Å². The lowest BCUT2D eigenvalue weighted by Gasteiger charge is -2.15. The molecule has 1 aliphatic carbocycles. The SMILES string of the molecule is C=NC(=N/C=C(\C)c1cnc2[nH]cc(C(=O)c3cc(F)cc(NS(=O)(=O)N(C)C)c3F)c2c1)C1CC1. The molecule has 1 fully saturated rings. The Hall–Kier alpha value is -3.77. The number of nitrogens with zero attached hydrogens (tertiary/aromatic N) is 4. The monoisotopic (exact) mass is 514 g/mol. The van der Waals surface area contributed by atoms with Gasteiger partial charge in [-0.05, 0) is 49.8 Å². The van der Waals surface area contributed by atoms with Crippen molar-refractivity contribution in [1.29, 1.82) is 0 Å². The van der Waals surface area contributed by atoms with Crippen LogP contribution in [0.2, 0.25) is 0 Å². The summed E-state index contributed by atoms with van der Waals surface area (Å²) in [5.74, 6) is -2.01. The number of aromatic nitrogens is 2. The number of carbonyl (C=O) groups is 1. The highest BCUT2D eigenvalue weighted by Gasteiger charge is 2.27. The molecule has 0 amide bonds. The van der Waals surface area contributed by atoms with Crippen LogP contribution in [0.25, 0.3) is 16.6 Å². The maximum absolute atomic E-state index is 15.2. The Kier molecular flexibility index (Phi) is 6.83. The van der Waals surface area contributed by atoms with Gasteiger partial charge in [-0.1, -0.05) is 0 Å². The number of aromatic amines is 1. The van der Waals surface area contributed by atoms with E-state index in [4.69, 9.17) is 0 Å². The summed E-state index contributed by atoms with van der Waals surface area (Å²) < 4.78 is 56.4. The van der Waals surface area contributed by atoms with Crippen molar-refractivity contribution in [3.8, 4) is 0 Å². The Balaban J connectivity index is 1.72. The second-order valence-electron chi connectivity index (χ2n) is 8.59. The highest BCUT2D eigenvalue weighted by Crippen LogP contribution is 2.32. The van der Waals surface area contributed by atoms with Gasteiger partial charge in [0.1, 0.15) is 17.3 Å². The zero-order chi connectivity index (χ0) is 26.2. The van der Waals surface area contributed by atoms with E-state index in [0.717, 1.165) is 28.8 Å². The van der Waals surface area contributed by atoms with Gasteiger partial charge in [0.2, 0.25) is 0 Å². The van der Waals surface area contributed by atoms with Crippen molar-refractivity contribution in [2.45, 2.75) is 19.8 Å². The number of carbonyl (C=O) groups excluding carboxylic acids is 1. The number of fused-ring (bicyclic) bond motifs is 1. The third-order valence-electron chi connectivity index (χ3n) is 5.73. The lowest BCUT2D eigenvalue weighted by molar-refractivity contribution is 0.103. The van der Waals surface area contributed by atoms with E-state index in [9.17, 15) is 17.6 Å². The smallest absolute Gasteiger partial charge is 0.301 e. The summed E-state index contributed by atoms with van der Waals surface area (Å²) in [6, 6.07) is 3.09. The van der Waals surface area contributed by atoms with Gasteiger partial charge >= 0.3 is 10.2 Å². The maximum Gasteiger partial charge on any atom is 0.301 e. The zero-order valence-corrected chi connectivity index (χ0v) is 20.7. The Labute approximate surface area is 206 Å². The fraction of sp³-hybridized carbons (Fsp3) is 0.250. The molecule has 0 aliphatic heterocycles. The van der Waals surface area contributed by atoms with E-state index in [-0.39, 0.29) is 5.56 Å². The Morgan fingerprint density at radius 2 is 1.97 bits per heavy atom. The van der Waals surface area contributed by atoms with Gasteiger partial charge < -0.3 is 4.98 Å². The van der Waals surface area contributed by atoms with E-state index in [1.807, 2.05) is 11.6 Å². The number of ketones is 1. The van der Waals surface area contributed by atoms with E-state index in [2.05, 4.69) is 26.7 Å². The van der Waals surface area contributed by atoms with Crippen molar-refractivity contribution in [1.82, 2.24) is 14.3 Å². The summed E-state index contributed by atoms with van der Waals surface area (Å²) in [5, 5.41) is 0.387. The number of pyridine rings is 1. The topological polar surface area (TPSA) is 120 Å². The number of anilines is 1. The van der Waals surface area contributed by atoms with Crippen molar-refractivity contribution < 1.29 is 22.0 Å². The molecule has 36 heavy (non-hydrogen) atoms. The highest BCUT2D eigenvalue weighted by molar-refractivity contribution is 7.90. The number of hydrogen-bond donors (Lipinski definition) is 2. The van der Waals surface area contributed by atoms with Crippen LogP contribution in [0.15, 0.2) is 46.8 Å². The third kappa shape index (κ3) is 5.09. The number of rotatable bonds is 8. The quantitative estimate of drug-likeness (QED) is 0.266. The second-order valence-corrected chi connectivity index (χ2v) is 10.5. The highest BCUT2D eigenvalue weighted by atomic mass is 32.2. The molecule has 3 aromatic rings. The van der Waals surface area contributed by atoms with Gasteiger partial charge in [-0.15, -0.1) is 0 Å². The number of halogens is 2. The van der Waals surface area contributed by atoms with E-state index in [0.29, 0.717) is 34.4 Å². The fourth-order valence-corrected chi connectivity index (χ4v) is 4.07. The molecular weight excluding hydrogens is 490 g/mol. The molecule has 1 aliphatic rings. The van der Waals surface area contributed by atoms with Crippen LogP contribution in [-0.2, 0) is 10.2 Å². The lowest BCUT2D eigenvalue weighted by Crippen LogP contribution is -2.29. The number of H-pyrrole nitrogens is 1. The fourth-order valence-electron chi connectivity index (χ4n) is 3.47. The number of amidine groups is 1. The molecule has 2 N–H and O–H groups in total. The Morgan fingerprint density at radius 1 is 1.25 bits per heavy atom.